The van der Waals surface area contributed by atoms with E-state index in [0.29, 0.717) is 13.2 Å². The normalized spacial score (nSPS) is 43.0. The Morgan fingerprint density at radius 3 is 2.12 bits per heavy atom. The minimum Gasteiger partial charge on any atom is -0.348 e. The SMILES string of the molecule is CC1(C)C(=O)C(Cl)C12CCC1(CC2)OCCO1. The molecule has 1 heterocycles. The van der Waals surface area contributed by atoms with Gasteiger partial charge in [-0.2, -0.15) is 0 Å². The number of rotatable bonds is 0. The highest BCUT2D eigenvalue weighted by Crippen LogP contribution is 2.64. The first-order valence-corrected chi connectivity index (χ1v) is 6.84. The zero-order chi connectivity index (χ0) is 12.3. The molecule has 96 valence electrons. The van der Waals surface area contributed by atoms with Gasteiger partial charge in [-0.1, -0.05) is 13.8 Å². The number of hydrogen-bond donors (Lipinski definition) is 0. The Hall–Kier alpha value is -0.120. The molecule has 0 aromatic rings. The number of Topliss-reactive ketones (excluding diaryl/α,β-unsaturated/α-hetero) is 1. The second kappa shape index (κ2) is 3.46. The van der Waals surface area contributed by atoms with Crippen molar-refractivity contribution in [1.29, 1.82) is 0 Å². The average Bonchev–Trinajstić information content (AvgIpc) is 2.77. The zero-order valence-corrected chi connectivity index (χ0v) is 11.2. The molecule has 2 saturated carbocycles. The van der Waals surface area contributed by atoms with E-state index >= 15 is 0 Å². The molecular weight excluding hydrogens is 240 g/mol. The Bertz CT molecular complexity index is 348. The van der Waals surface area contributed by atoms with Gasteiger partial charge in [-0.05, 0) is 12.8 Å². The number of ether oxygens (including phenoxy) is 2. The van der Waals surface area contributed by atoms with Gasteiger partial charge in [0.1, 0.15) is 0 Å². The number of carbonyl (C=O) groups is 1. The summed E-state index contributed by atoms with van der Waals surface area (Å²) in [6.07, 6.45) is 3.60. The smallest absolute Gasteiger partial charge is 0.168 e. The molecule has 3 nitrogen and oxygen atoms in total. The minimum absolute atomic E-state index is 0.0355. The fraction of sp³-hybridized carbons (Fsp3) is 0.923. The van der Waals surface area contributed by atoms with Gasteiger partial charge < -0.3 is 9.47 Å². The fourth-order valence-electron chi connectivity index (χ4n) is 3.79. The molecule has 0 aromatic heterocycles. The maximum atomic E-state index is 11.9. The number of hydrogen-bond acceptors (Lipinski definition) is 3. The van der Waals surface area contributed by atoms with Gasteiger partial charge >= 0.3 is 0 Å². The molecule has 2 aliphatic carbocycles. The Balaban J connectivity index is 1.78. The number of alkyl halides is 1. The van der Waals surface area contributed by atoms with E-state index in [9.17, 15) is 4.79 Å². The van der Waals surface area contributed by atoms with E-state index in [1.807, 2.05) is 13.8 Å². The van der Waals surface area contributed by atoms with E-state index < -0.39 is 0 Å². The van der Waals surface area contributed by atoms with Gasteiger partial charge in [-0.3, -0.25) is 4.79 Å². The molecule has 1 saturated heterocycles. The van der Waals surface area contributed by atoms with E-state index in [0.717, 1.165) is 25.7 Å². The first kappa shape index (κ1) is 11.9. The second-order valence-electron chi connectivity index (χ2n) is 6.12. The lowest BCUT2D eigenvalue weighted by atomic mass is 9.45. The molecular formula is C13H19ClO3. The zero-order valence-electron chi connectivity index (χ0n) is 10.4. The molecule has 0 bridgehead atoms. The lowest BCUT2D eigenvalue weighted by Gasteiger charge is -2.61. The molecule has 0 aromatic carbocycles. The van der Waals surface area contributed by atoms with Crippen LogP contribution in [0.15, 0.2) is 0 Å². The van der Waals surface area contributed by atoms with Crippen molar-refractivity contribution in [3.05, 3.63) is 0 Å². The summed E-state index contributed by atoms with van der Waals surface area (Å²) in [5, 5.41) is -0.309. The summed E-state index contributed by atoms with van der Waals surface area (Å²) >= 11 is 6.28. The monoisotopic (exact) mass is 258 g/mol. The van der Waals surface area contributed by atoms with Gasteiger partial charge in [0.15, 0.2) is 11.6 Å². The summed E-state index contributed by atoms with van der Waals surface area (Å²) in [5.41, 5.74) is -0.314. The summed E-state index contributed by atoms with van der Waals surface area (Å²) in [6, 6.07) is 0. The van der Waals surface area contributed by atoms with E-state index in [-0.39, 0.29) is 27.8 Å². The molecule has 3 aliphatic rings. The molecule has 1 aliphatic heterocycles. The lowest BCUT2D eigenvalue weighted by molar-refractivity contribution is -0.214. The van der Waals surface area contributed by atoms with Gasteiger partial charge in [0.05, 0.1) is 18.6 Å². The van der Waals surface area contributed by atoms with Gasteiger partial charge in [0.2, 0.25) is 0 Å². The van der Waals surface area contributed by atoms with Crippen molar-refractivity contribution in [2.24, 2.45) is 10.8 Å². The second-order valence-corrected chi connectivity index (χ2v) is 6.55. The predicted molar refractivity (Wildman–Crippen MR) is 64.0 cm³/mol. The fourth-order valence-corrected chi connectivity index (χ4v) is 4.56. The van der Waals surface area contributed by atoms with Crippen LogP contribution in [0.5, 0.6) is 0 Å². The van der Waals surface area contributed by atoms with Crippen LogP contribution in [-0.4, -0.2) is 30.2 Å². The Labute approximate surface area is 107 Å². The van der Waals surface area contributed by atoms with Gasteiger partial charge in [0, 0.05) is 23.7 Å². The van der Waals surface area contributed by atoms with E-state index in [1.165, 1.54) is 0 Å². The summed E-state index contributed by atoms with van der Waals surface area (Å²) in [7, 11) is 0. The third-order valence-corrected chi connectivity index (χ3v) is 5.91. The van der Waals surface area contributed by atoms with Gasteiger partial charge in [-0.15, -0.1) is 11.6 Å². The number of halogens is 1. The van der Waals surface area contributed by atoms with Crippen molar-refractivity contribution in [3.8, 4) is 0 Å². The summed E-state index contributed by atoms with van der Waals surface area (Å²) in [4.78, 5) is 11.9. The van der Waals surface area contributed by atoms with Crippen molar-refractivity contribution in [3.63, 3.8) is 0 Å². The highest BCUT2D eigenvalue weighted by atomic mass is 35.5. The molecule has 0 N–H and O–H groups in total. The van der Waals surface area contributed by atoms with E-state index in [1.54, 1.807) is 0 Å². The first-order chi connectivity index (χ1) is 7.94. The van der Waals surface area contributed by atoms with Gasteiger partial charge in [0.25, 0.3) is 0 Å². The maximum Gasteiger partial charge on any atom is 0.168 e. The highest BCUT2D eigenvalue weighted by molar-refractivity contribution is 6.35. The molecule has 4 heteroatoms. The molecule has 0 amide bonds. The van der Waals surface area contributed by atoms with E-state index in [2.05, 4.69) is 0 Å². The first-order valence-electron chi connectivity index (χ1n) is 6.40. The molecule has 1 atom stereocenters. The standard InChI is InChI=1S/C13H19ClO3/c1-11(2)10(15)9(14)12(11)3-5-13(6-4-12)16-7-8-17-13/h9H,3-8H2,1-2H3. The third kappa shape index (κ3) is 1.33. The number of carbonyl (C=O) groups excluding carboxylic acids is 1. The van der Waals surface area contributed by atoms with Crippen LogP contribution in [0.1, 0.15) is 39.5 Å². The van der Waals surface area contributed by atoms with Crippen LogP contribution < -0.4 is 0 Å². The van der Waals surface area contributed by atoms with Crippen molar-refractivity contribution in [2.45, 2.75) is 50.7 Å². The van der Waals surface area contributed by atoms with Crippen LogP contribution in [0, 0.1) is 10.8 Å². The Morgan fingerprint density at radius 1 is 1.12 bits per heavy atom. The van der Waals surface area contributed by atoms with Gasteiger partial charge in [-0.25, -0.2) is 0 Å². The topological polar surface area (TPSA) is 35.5 Å². The lowest BCUT2D eigenvalue weighted by Crippen LogP contribution is -2.67. The minimum atomic E-state index is -0.365. The summed E-state index contributed by atoms with van der Waals surface area (Å²) < 4.78 is 11.4. The van der Waals surface area contributed by atoms with Crippen LogP contribution >= 0.6 is 11.6 Å². The third-order valence-electron chi connectivity index (χ3n) is 5.29. The van der Waals surface area contributed by atoms with Crippen molar-refractivity contribution >= 4 is 17.4 Å². The predicted octanol–water partition coefficient (Wildman–Crippen LogP) is 2.51. The molecule has 0 radical (unpaired) electrons. The van der Waals surface area contributed by atoms with E-state index in [4.69, 9.17) is 21.1 Å². The summed E-state index contributed by atoms with van der Waals surface area (Å²) in [5.74, 6) is -0.167. The Morgan fingerprint density at radius 2 is 1.65 bits per heavy atom. The number of ketones is 1. The maximum absolute atomic E-state index is 11.9. The molecule has 3 rings (SSSR count). The molecule has 1 unspecified atom stereocenters. The van der Waals surface area contributed by atoms with Crippen molar-refractivity contribution in [2.75, 3.05) is 13.2 Å². The van der Waals surface area contributed by atoms with Crippen molar-refractivity contribution < 1.29 is 14.3 Å². The largest absolute Gasteiger partial charge is 0.348 e. The van der Waals surface area contributed by atoms with Crippen LogP contribution in [0.2, 0.25) is 0 Å². The van der Waals surface area contributed by atoms with Crippen LogP contribution in [-0.2, 0) is 14.3 Å². The molecule has 3 fully saturated rings. The summed E-state index contributed by atoms with van der Waals surface area (Å²) in [6.45, 7) is 5.45. The van der Waals surface area contributed by atoms with Crippen LogP contribution in [0.25, 0.3) is 0 Å². The van der Waals surface area contributed by atoms with Crippen molar-refractivity contribution in [1.82, 2.24) is 0 Å². The highest BCUT2D eigenvalue weighted by Gasteiger charge is 2.68. The quantitative estimate of drug-likeness (QED) is 0.627. The molecule has 17 heavy (non-hydrogen) atoms. The molecule has 2 spiro atoms. The van der Waals surface area contributed by atoms with Crippen LogP contribution in [0.4, 0.5) is 0 Å². The Kier molecular flexibility index (Phi) is 2.43. The van der Waals surface area contributed by atoms with Crippen LogP contribution in [0.3, 0.4) is 0 Å². The average molecular weight is 259 g/mol.